The summed E-state index contributed by atoms with van der Waals surface area (Å²) in [5.74, 6) is 1.88. The Morgan fingerprint density at radius 2 is 1.94 bits per heavy atom. The summed E-state index contributed by atoms with van der Waals surface area (Å²) in [6.07, 6.45) is 7.79. The van der Waals surface area contributed by atoms with Crippen LogP contribution in [0.15, 0.2) is 0 Å². The van der Waals surface area contributed by atoms with Crippen LogP contribution in [-0.4, -0.2) is 14.8 Å². The molecule has 0 spiro atoms. The fourth-order valence-corrected chi connectivity index (χ4v) is 3.16. The lowest BCUT2D eigenvalue weighted by atomic mass is 9.83. The average Bonchev–Trinajstić information content (AvgIpc) is 2.61. The molecule has 90 valence electrons. The predicted molar refractivity (Wildman–Crippen MR) is 65.7 cm³/mol. The number of hydrogen-bond acceptors (Lipinski definition) is 2. The van der Waals surface area contributed by atoms with Gasteiger partial charge in [-0.3, -0.25) is 4.57 Å². The molecule has 0 saturated heterocycles. The standard InChI is InChI=1S/C12H20ClN3/c1-3-4-10-5-7-11(8-6-10)16-9(2)14-15-12(16)13/h10-11H,3-8H2,1-2H3. The summed E-state index contributed by atoms with van der Waals surface area (Å²) in [4.78, 5) is 0. The normalized spacial score (nSPS) is 25.9. The zero-order valence-electron chi connectivity index (χ0n) is 10.1. The quantitative estimate of drug-likeness (QED) is 0.807. The van der Waals surface area contributed by atoms with Gasteiger partial charge < -0.3 is 0 Å². The molecular formula is C12H20ClN3. The van der Waals surface area contributed by atoms with E-state index < -0.39 is 0 Å². The molecule has 0 atom stereocenters. The van der Waals surface area contributed by atoms with Crippen molar-refractivity contribution in [1.82, 2.24) is 14.8 Å². The summed E-state index contributed by atoms with van der Waals surface area (Å²) in [5, 5.41) is 8.51. The third-order valence-corrected chi connectivity index (χ3v) is 3.96. The third-order valence-electron chi connectivity index (χ3n) is 3.70. The summed E-state index contributed by atoms with van der Waals surface area (Å²) in [6.45, 7) is 4.25. The topological polar surface area (TPSA) is 30.7 Å². The Morgan fingerprint density at radius 1 is 1.25 bits per heavy atom. The molecule has 1 heterocycles. The van der Waals surface area contributed by atoms with Gasteiger partial charge in [0.1, 0.15) is 5.82 Å². The molecule has 0 amide bonds. The van der Waals surface area contributed by atoms with Crippen molar-refractivity contribution in [3.8, 4) is 0 Å². The Morgan fingerprint density at radius 3 is 2.44 bits per heavy atom. The van der Waals surface area contributed by atoms with E-state index in [9.17, 15) is 0 Å². The highest BCUT2D eigenvalue weighted by Gasteiger charge is 2.24. The molecule has 1 aromatic rings. The molecule has 1 aliphatic carbocycles. The van der Waals surface area contributed by atoms with Crippen molar-refractivity contribution in [1.29, 1.82) is 0 Å². The van der Waals surface area contributed by atoms with Crippen molar-refractivity contribution in [3.63, 3.8) is 0 Å². The lowest BCUT2D eigenvalue weighted by Crippen LogP contribution is -2.19. The van der Waals surface area contributed by atoms with Crippen LogP contribution in [0.1, 0.15) is 57.3 Å². The van der Waals surface area contributed by atoms with Crippen LogP contribution < -0.4 is 0 Å². The van der Waals surface area contributed by atoms with E-state index in [1.54, 1.807) is 0 Å². The highest BCUT2D eigenvalue weighted by molar-refractivity contribution is 6.28. The van der Waals surface area contributed by atoms with E-state index in [0.717, 1.165) is 11.7 Å². The SMILES string of the molecule is CCCC1CCC(n2c(C)nnc2Cl)CC1. The Kier molecular flexibility index (Phi) is 3.85. The van der Waals surface area contributed by atoms with Crippen molar-refractivity contribution < 1.29 is 0 Å². The Labute approximate surface area is 102 Å². The van der Waals surface area contributed by atoms with Crippen molar-refractivity contribution in [2.75, 3.05) is 0 Å². The van der Waals surface area contributed by atoms with Gasteiger partial charge in [-0.05, 0) is 50.1 Å². The Hall–Kier alpha value is -0.570. The predicted octanol–water partition coefficient (Wildman–Crippen LogP) is 3.77. The van der Waals surface area contributed by atoms with Gasteiger partial charge >= 0.3 is 0 Å². The molecule has 0 unspecified atom stereocenters. The first-order chi connectivity index (χ1) is 7.72. The lowest BCUT2D eigenvalue weighted by Gasteiger charge is -2.29. The van der Waals surface area contributed by atoms with Gasteiger partial charge in [-0.1, -0.05) is 19.8 Å². The average molecular weight is 242 g/mol. The fourth-order valence-electron chi connectivity index (χ4n) is 2.86. The maximum absolute atomic E-state index is 6.07. The summed E-state index contributed by atoms with van der Waals surface area (Å²) in [6, 6.07) is 0.524. The van der Waals surface area contributed by atoms with Gasteiger partial charge in [-0.25, -0.2) is 0 Å². The Balaban J connectivity index is 1.99. The zero-order valence-corrected chi connectivity index (χ0v) is 10.9. The van der Waals surface area contributed by atoms with E-state index in [1.165, 1.54) is 38.5 Å². The number of hydrogen-bond donors (Lipinski definition) is 0. The van der Waals surface area contributed by atoms with Gasteiger partial charge in [0.2, 0.25) is 5.28 Å². The number of nitrogens with zero attached hydrogens (tertiary/aromatic N) is 3. The van der Waals surface area contributed by atoms with E-state index in [2.05, 4.69) is 21.7 Å². The van der Waals surface area contributed by atoms with E-state index >= 15 is 0 Å². The highest BCUT2D eigenvalue weighted by Crippen LogP contribution is 2.35. The maximum atomic E-state index is 6.07. The summed E-state index contributed by atoms with van der Waals surface area (Å²) >= 11 is 6.07. The second-order valence-corrected chi connectivity index (χ2v) is 5.19. The van der Waals surface area contributed by atoms with E-state index in [0.29, 0.717) is 11.3 Å². The second kappa shape index (κ2) is 5.17. The minimum atomic E-state index is 0.524. The first-order valence-corrected chi connectivity index (χ1v) is 6.67. The van der Waals surface area contributed by atoms with Crippen LogP contribution in [0, 0.1) is 12.8 Å². The molecule has 2 rings (SSSR count). The molecule has 4 heteroatoms. The fraction of sp³-hybridized carbons (Fsp3) is 0.833. The maximum Gasteiger partial charge on any atom is 0.225 e. The van der Waals surface area contributed by atoms with Crippen LogP contribution in [0.25, 0.3) is 0 Å². The van der Waals surface area contributed by atoms with Crippen LogP contribution in [0.5, 0.6) is 0 Å². The van der Waals surface area contributed by atoms with Crippen molar-refractivity contribution >= 4 is 11.6 Å². The molecule has 1 aliphatic rings. The van der Waals surface area contributed by atoms with E-state index in [1.807, 2.05) is 6.92 Å². The third kappa shape index (κ3) is 2.40. The van der Waals surface area contributed by atoms with Crippen LogP contribution in [-0.2, 0) is 0 Å². The van der Waals surface area contributed by atoms with Crippen molar-refractivity contribution in [3.05, 3.63) is 11.1 Å². The molecule has 1 fully saturated rings. The van der Waals surface area contributed by atoms with Gasteiger partial charge in [0.05, 0.1) is 0 Å². The first kappa shape index (κ1) is 11.9. The molecule has 16 heavy (non-hydrogen) atoms. The molecule has 0 bridgehead atoms. The molecule has 0 aliphatic heterocycles. The van der Waals surface area contributed by atoms with E-state index in [4.69, 9.17) is 11.6 Å². The van der Waals surface area contributed by atoms with Gasteiger partial charge in [0, 0.05) is 6.04 Å². The van der Waals surface area contributed by atoms with Crippen molar-refractivity contribution in [2.45, 2.75) is 58.4 Å². The summed E-state index contributed by atoms with van der Waals surface area (Å²) in [7, 11) is 0. The van der Waals surface area contributed by atoms with Gasteiger partial charge in [-0.2, -0.15) is 0 Å². The first-order valence-electron chi connectivity index (χ1n) is 6.29. The Bertz CT molecular complexity index is 321. The van der Waals surface area contributed by atoms with Crippen LogP contribution in [0.3, 0.4) is 0 Å². The smallest absolute Gasteiger partial charge is 0.225 e. The zero-order chi connectivity index (χ0) is 11.5. The number of rotatable bonds is 3. The van der Waals surface area contributed by atoms with Gasteiger partial charge in [0.15, 0.2) is 0 Å². The van der Waals surface area contributed by atoms with Crippen molar-refractivity contribution in [2.24, 2.45) is 5.92 Å². The molecule has 0 aromatic carbocycles. The number of halogens is 1. The molecule has 3 nitrogen and oxygen atoms in total. The lowest BCUT2D eigenvalue weighted by molar-refractivity contribution is 0.260. The highest BCUT2D eigenvalue weighted by atomic mass is 35.5. The van der Waals surface area contributed by atoms with Crippen LogP contribution in [0.2, 0.25) is 5.28 Å². The largest absolute Gasteiger partial charge is 0.299 e. The molecule has 1 saturated carbocycles. The molecular weight excluding hydrogens is 222 g/mol. The second-order valence-electron chi connectivity index (χ2n) is 4.85. The summed E-state index contributed by atoms with van der Waals surface area (Å²) in [5.41, 5.74) is 0. The van der Waals surface area contributed by atoms with Gasteiger partial charge in [-0.15, -0.1) is 10.2 Å². The molecule has 0 radical (unpaired) electrons. The monoisotopic (exact) mass is 241 g/mol. The number of aromatic nitrogens is 3. The van der Waals surface area contributed by atoms with Crippen LogP contribution in [0.4, 0.5) is 0 Å². The number of aryl methyl sites for hydroxylation is 1. The minimum Gasteiger partial charge on any atom is -0.299 e. The summed E-state index contributed by atoms with van der Waals surface area (Å²) < 4.78 is 2.10. The van der Waals surface area contributed by atoms with E-state index in [-0.39, 0.29) is 0 Å². The van der Waals surface area contributed by atoms with Gasteiger partial charge in [0.25, 0.3) is 0 Å². The molecule has 1 aromatic heterocycles. The van der Waals surface area contributed by atoms with Crippen LogP contribution >= 0.6 is 11.6 Å². The molecule has 0 N–H and O–H groups in total. The minimum absolute atomic E-state index is 0.524.